The number of hydrogen-bond donors (Lipinski definition) is 1. The summed E-state index contributed by atoms with van der Waals surface area (Å²) >= 11 is 0. The molecule has 4 rings (SSSR count). The minimum Gasteiger partial charge on any atom is -0.508 e. The summed E-state index contributed by atoms with van der Waals surface area (Å²) in [5.41, 5.74) is 2.41. The van der Waals surface area contributed by atoms with Crippen molar-refractivity contribution in [2.24, 2.45) is 0 Å². The average molecular weight is 385 g/mol. The maximum Gasteiger partial charge on any atom is 0.340 e. The SMILES string of the molecule is COC(=O)C1=C(C)N(c2cccc3ccccc23)C(=O)/C1=C\c1ccc(O)cc1. The summed E-state index contributed by atoms with van der Waals surface area (Å²) in [6.07, 6.45) is 1.64. The Morgan fingerprint density at radius 2 is 1.69 bits per heavy atom. The minimum atomic E-state index is -0.566. The van der Waals surface area contributed by atoms with Gasteiger partial charge in [-0.2, -0.15) is 0 Å². The molecule has 0 aliphatic carbocycles. The summed E-state index contributed by atoms with van der Waals surface area (Å²) in [6.45, 7) is 1.74. The van der Waals surface area contributed by atoms with Crippen LogP contribution in [-0.2, 0) is 14.3 Å². The number of aromatic hydroxyl groups is 1. The van der Waals surface area contributed by atoms with Crippen LogP contribution in [0, 0.1) is 0 Å². The van der Waals surface area contributed by atoms with E-state index in [1.54, 1.807) is 30.0 Å². The van der Waals surface area contributed by atoms with E-state index in [4.69, 9.17) is 4.74 Å². The molecule has 0 bridgehead atoms. The van der Waals surface area contributed by atoms with Crippen LogP contribution in [-0.4, -0.2) is 24.1 Å². The van der Waals surface area contributed by atoms with Crippen molar-refractivity contribution < 1.29 is 19.4 Å². The first-order valence-corrected chi connectivity index (χ1v) is 9.14. The van der Waals surface area contributed by atoms with Gasteiger partial charge in [-0.25, -0.2) is 4.79 Å². The van der Waals surface area contributed by atoms with Crippen LogP contribution in [0.25, 0.3) is 16.8 Å². The number of methoxy groups -OCH3 is 1. The molecule has 1 aliphatic heterocycles. The molecule has 1 N–H and O–H groups in total. The van der Waals surface area contributed by atoms with Crippen LogP contribution >= 0.6 is 0 Å². The predicted octanol–water partition coefficient (Wildman–Crippen LogP) is 4.42. The molecule has 5 nitrogen and oxygen atoms in total. The minimum absolute atomic E-state index is 0.127. The highest BCUT2D eigenvalue weighted by molar-refractivity contribution is 6.25. The Morgan fingerprint density at radius 1 is 1.00 bits per heavy atom. The van der Waals surface area contributed by atoms with Gasteiger partial charge >= 0.3 is 5.97 Å². The lowest BCUT2D eigenvalue weighted by Gasteiger charge is -2.20. The maximum absolute atomic E-state index is 13.4. The fourth-order valence-electron chi connectivity index (χ4n) is 3.61. The Hall–Kier alpha value is -3.86. The van der Waals surface area contributed by atoms with Gasteiger partial charge in [0.25, 0.3) is 5.91 Å². The number of anilines is 1. The second-order valence-corrected chi connectivity index (χ2v) is 6.74. The molecule has 0 radical (unpaired) electrons. The van der Waals surface area contributed by atoms with Gasteiger partial charge in [0, 0.05) is 11.1 Å². The summed E-state index contributed by atoms with van der Waals surface area (Å²) < 4.78 is 4.96. The van der Waals surface area contributed by atoms with Crippen LogP contribution in [0.1, 0.15) is 12.5 Å². The number of hydrogen-bond acceptors (Lipinski definition) is 4. The molecule has 0 saturated heterocycles. The monoisotopic (exact) mass is 385 g/mol. The Labute approximate surface area is 168 Å². The number of amides is 1. The highest BCUT2D eigenvalue weighted by atomic mass is 16.5. The second-order valence-electron chi connectivity index (χ2n) is 6.74. The highest BCUT2D eigenvalue weighted by Crippen LogP contribution is 2.38. The smallest absolute Gasteiger partial charge is 0.340 e. The van der Waals surface area contributed by atoms with Gasteiger partial charge in [-0.05, 0) is 42.1 Å². The van der Waals surface area contributed by atoms with Crippen molar-refractivity contribution in [3.63, 3.8) is 0 Å². The third-order valence-corrected chi connectivity index (χ3v) is 5.00. The molecule has 0 spiro atoms. The Balaban J connectivity index is 1.90. The molecular formula is C24H19NO4. The normalized spacial score (nSPS) is 15.4. The molecular weight excluding hydrogens is 366 g/mol. The van der Waals surface area contributed by atoms with E-state index >= 15 is 0 Å². The maximum atomic E-state index is 13.4. The fraction of sp³-hybridized carbons (Fsp3) is 0.0833. The molecule has 1 heterocycles. The fourth-order valence-corrected chi connectivity index (χ4v) is 3.61. The van der Waals surface area contributed by atoms with Crippen LogP contribution in [0.5, 0.6) is 5.75 Å². The zero-order valence-electron chi connectivity index (χ0n) is 16.0. The van der Waals surface area contributed by atoms with E-state index in [0.29, 0.717) is 16.9 Å². The topological polar surface area (TPSA) is 66.8 Å². The van der Waals surface area contributed by atoms with Crippen molar-refractivity contribution in [1.29, 1.82) is 0 Å². The van der Waals surface area contributed by atoms with Crippen LogP contribution < -0.4 is 4.90 Å². The van der Waals surface area contributed by atoms with Gasteiger partial charge < -0.3 is 9.84 Å². The van der Waals surface area contributed by atoms with Crippen LogP contribution in [0.15, 0.2) is 83.6 Å². The molecule has 29 heavy (non-hydrogen) atoms. The molecule has 0 aromatic heterocycles. The van der Waals surface area contributed by atoms with Gasteiger partial charge in [0.2, 0.25) is 0 Å². The number of allylic oxidation sites excluding steroid dienone is 1. The van der Waals surface area contributed by atoms with E-state index < -0.39 is 5.97 Å². The third-order valence-electron chi connectivity index (χ3n) is 5.00. The lowest BCUT2D eigenvalue weighted by molar-refractivity contribution is -0.136. The van der Waals surface area contributed by atoms with E-state index in [9.17, 15) is 14.7 Å². The number of esters is 1. The second kappa shape index (κ2) is 7.28. The number of nitrogens with zero attached hydrogens (tertiary/aromatic N) is 1. The lowest BCUT2D eigenvalue weighted by atomic mass is 10.0. The number of ether oxygens (including phenoxy) is 1. The number of carbonyl (C=O) groups excluding carboxylic acids is 2. The van der Waals surface area contributed by atoms with Gasteiger partial charge in [-0.3, -0.25) is 9.69 Å². The van der Waals surface area contributed by atoms with Crippen molar-refractivity contribution in [3.05, 3.63) is 89.1 Å². The summed E-state index contributed by atoms with van der Waals surface area (Å²) in [5, 5.41) is 11.4. The number of carbonyl (C=O) groups is 2. The molecule has 1 aliphatic rings. The predicted molar refractivity (Wildman–Crippen MR) is 112 cm³/mol. The molecule has 0 fully saturated rings. The standard InChI is InChI=1S/C24H19NO4/c1-15-22(24(28)29-2)20(14-16-10-12-18(26)13-11-16)23(27)25(15)21-9-5-7-17-6-3-4-8-19(17)21/h3-14,26H,1-2H3/b20-14-. The van der Waals surface area contributed by atoms with E-state index in [1.807, 2.05) is 42.5 Å². The van der Waals surface area contributed by atoms with E-state index in [-0.39, 0.29) is 22.8 Å². The number of fused-ring (bicyclic) bond motifs is 1. The number of benzene rings is 3. The zero-order valence-corrected chi connectivity index (χ0v) is 16.0. The molecule has 0 unspecified atom stereocenters. The van der Waals surface area contributed by atoms with E-state index in [1.165, 1.54) is 19.2 Å². The van der Waals surface area contributed by atoms with Gasteiger partial charge in [0.15, 0.2) is 0 Å². The Kier molecular flexibility index (Phi) is 4.64. The van der Waals surface area contributed by atoms with E-state index in [2.05, 4.69) is 0 Å². The average Bonchev–Trinajstić information content (AvgIpc) is 2.98. The quantitative estimate of drug-likeness (QED) is 0.535. The summed E-state index contributed by atoms with van der Waals surface area (Å²) in [7, 11) is 1.30. The van der Waals surface area contributed by atoms with Crippen molar-refractivity contribution in [3.8, 4) is 5.75 Å². The van der Waals surface area contributed by atoms with Gasteiger partial charge in [-0.15, -0.1) is 0 Å². The number of phenolic OH excluding ortho intramolecular Hbond substituents is 1. The van der Waals surface area contributed by atoms with Crippen LogP contribution in [0.3, 0.4) is 0 Å². The zero-order chi connectivity index (χ0) is 20.5. The highest BCUT2D eigenvalue weighted by Gasteiger charge is 2.38. The Morgan fingerprint density at radius 3 is 2.41 bits per heavy atom. The van der Waals surface area contributed by atoms with Gasteiger partial charge in [0.1, 0.15) is 5.75 Å². The molecule has 0 atom stereocenters. The Bertz CT molecular complexity index is 1180. The molecule has 3 aromatic carbocycles. The molecule has 1 amide bonds. The van der Waals surface area contributed by atoms with E-state index in [0.717, 1.165) is 10.8 Å². The number of phenols is 1. The van der Waals surface area contributed by atoms with Crippen molar-refractivity contribution in [1.82, 2.24) is 0 Å². The summed E-state index contributed by atoms with van der Waals surface area (Å²) in [4.78, 5) is 27.5. The molecule has 5 heteroatoms. The van der Waals surface area contributed by atoms with Gasteiger partial charge in [0.05, 0.1) is 23.9 Å². The number of rotatable bonds is 3. The summed E-state index contributed by atoms with van der Waals surface area (Å²) in [6, 6.07) is 19.9. The molecule has 3 aromatic rings. The van der Waals surface area contributed by atoms with Gasteiger partial charge in [-0.1, -0.05) is 48.5 Å². The van der Waals surface area contributed by atoms with Crippen molar-refractivity contribution in [2.45, 2.75) is 6.92 Å². The van der Waals surface area contributed by atoms with Crippen LogP contribution in [0.2, 0.25) is 0 Å². The largest absolute Gasteiger partial charge is 0.508 e. The first-order valence-electron chi connectivity index (χ1n) is 9.14. The van der Waals surface area contributed by atoms with Crippen LogP contribution in [0.4, 0.5) is 5.69 Å². The first kappa shape index (κ1) is 18.5. The summed E-state index contributed by atoms with van der Waals surface area (Å²) in [5.74, 6) is -0.738. The first-order chi connectivity index (χ1) is 14.0. The molecule has 0 saturated carbocycles. The van der Waals surface area contributed by atoms with Crippen molar-refractivity contribution in [2.75, 3.05) is 12.0 Å². The molecule has 144 valence electrons. The lowest BCUT2D eigenvalue weighted by Crippen LogP contribution is -2.24. The van der Waals surface area contributed by atoms with Crippen molar-refractivity contribution >= 4 is 34.4 Å². The third kappa shape index (κ3) is 3.17.